The normalized spacial score (nSPS) is 20.4. The Bertz CT molecular complexity index is 365. The molecule has 1 atom stereocenters. The van der Waals surface area contributed by atoms with E-state index in [0.29, 0.717) is 6.54 Å². The van der Waals surface area contributed by atoms with Gasteiger partial charge in [-0.3, -0.25) is 9.88 Å². The lowest BCUT2D eigenvalue weighted by molar-refractivity contribution is 0.0734. The Balaban J connectivity index is 2.20. The van der Waals surface area contributed by atoms with Gasteiger partial charge in [-0.05, 0) is 25.5 Å². The summed E-state index contributed by atoms with van der Waals surface area (Å²) in [5, 5.41) is 8.83. The van der Waals surface area contributed by atoms with E-state index in [4.69, 9.17) is 5.11 Å². The lowest BCUT2D eigenvalue weighted by atomic mass is 10.00. The summed E-state index contributed by atoms with van der Waals surface area (Å²) in [4.78, 5) is 16.5. The van der Waals surface area contributed by atoms with E-state index in [1.807, 2.05) is 25.1 Å². The smallest absolute Gasteiger partial charge is 0.407 e. The van der Waals surface area contributed by atoms with Crippen molar-refractivity contribution < 1.29 is 9.90 Å². The molecule has 0 saturated carbocycles. The number of carboxylic acid groups (broad SMARTS) is 1. The van der Waals surface area contributed by atoms with Crippen LogP contribution in [0.15, 0.2) is 18.2 Å². The number of rotatable bonds is 1. The molecular weight excluding hydrogens is 180 g/mol. The number of hydrogen-bond donors (Lipinski definition) is 1. The molecule has 1 N–H and O–H groups in total. The lowest BCUT2D eigenvalue weighted by Gasteiger charge is -2.38. The highest BCUT2D eigenvalue weighted by atomic mass is 16.4. The van der Waals surface area contributed by atoms with Gasteiger partial charge in [-0.25, -0.2) is 4.79 Å². The minimum atomic E-state index is -0.857. The molecule has 1 unspecified atom stereocenters. The first-order valence-corrected chi connectivity index (χ1v) is 4.61. The minimum Gasteiger partial charge on any atom is -0.465 e. The Kier molecular flexibility index (Phi) is 2.11. The van der Waals surface area contributed by atoms with Crippen LogP contribution in [0.1, 0.15) is 23.9 Å². The molecule has 0 spiro atoms. The number of likely N-dealkylation sites (tertiary alicyclic amines) is 1. The number of aryl methyl sites for hydroxylation is 1. The third kappa shape index (κ3) is 1.43. The molecule has 2 heterocycles. The first kappa shape index (κ1) is 8.99. The molecule has 1 aromatic heterocycles. The van der Waals surface area contributed by atoms with Crippen molar-refractivity contribution in [3.63, 3.8) is 0 Å². The fourth-order valence-electron chi connectivity index (χ4n) is 1.67. The predicted octanol–water partition coefficient (Wildman–Crippen LogP) is 1.81. The van der Waals surface area contributed by atoms with Crippen molar-refractivity contribution in [2.75, 3.05) is 6.54 Å². The predicted molar refractivity (Wildman–Crippen MR) is 51.1 cm³/mol. The van der Waals surface area contributed by atoms with Crippen molar-refractivity contribution in [1.82, 2.24) is 9.88 Å². The fraction of sp³-hybridized carbons (Fsp3) is 0.400. The topological polar surface area (TPSA) is 53.4 Å². The van der Waals surface area contributed by atoms with Crippen LogP contribution in [0.4, 0.5) is 4.79 Å². The summed E-state index contributed by atoms with van der Waals surface area (Å²) < 4.78 is 0. The Labute approximate surface area is 82.2 Å². The van der Waals surface area contributed by atoms with Gasteiger partial charge in [-0.2, -0.15) is 0 Å². The zero-order valence-corrected chi connectivity index (χ0v) is 7.97. The van der Waals surface area contributed by atoms with Gasteiger partial charge in [0.25, 0.3) is 0 Å². The van der Waals surface area contributed by atoms with Crippen LogP contribution < -0.4 is 0 Å². The maximum atomic E-state index is 10.7. The van der Waals surface area contributed by atoms with Crippen LogP contribution in [0.25, 0.3) is 0 Å². The number of hydrogen-bond acceptors (Lipinski definition) is 2. The van der Waals surface area contributed by atoms with Crippen molar-refractivity contribution in [2.24, 2.45) is 0 Å². The molecule has 1 amide bonds. The van der Waals surface area contributed by atoms with Gasteiger partial charge in [-0.1, -0.05) is 6.07 Å². The molecule has 2 rings (SSSR count). The molecular formula is C10H12N2O2. The SMILES string of the molecule is Cc1cccc(C2CCN2C(=O)O)n1. The number of carbonyl (C=O) groups is 1. The summed E-state index contributed by atoms with van der Waals surface area (Å²) in [5.41, 5.74) is 1.79. The third-order valence-corrected chi connectivity index (χ3v) is 2.52. The summed E-state index contributed by atoms with van der Waals surface area (Å²) in [5.74, 6) is 0. The highest BCUT2D eigenvalue weighted by molar-refractivity contribution is 5.66. The Morgan fingerprint density at radius 3 is 2.93 bits per heavy atom. The first-order chi connectivity index (χ1) is 6.68. The van der Waals surface area contributed by atoms with Gasteiger partial charge in [-0.15, -0.1) is 0 Å². The summed E-state index contributed by atoms with van der Waals surface area (Å²) in [7, 11) is 0. The average Bonchev–Trinajstić information content (AvgIpc) is 2.00. The minimum absolute atomic E-state index is 0.0348. The van der Waals surface area contributed by atoms with E-state index in [2.05, 4.69) is 4.98 Å². The number of pyridine rings is 1. The van der Waals surface area contributed by atoms with Gasteiger partial charge < -0.3 is 5.11 Å². The lowest BCUT2D eigenvalue weighted by Crippen LogP contribution is -2.44. The summed E-state index contributed by atoms with van der Waals surface area (Å²) in [6, 6.07) is 5.67. The Morgan fingerprint density at radius 2 is 2.43 bits per heavy atom. The molecule has 0 aliphatic carbocycles. The van der Waals surface area contributed by atoms with E-state index in [1.54, 1.807) is 0 Å². The van der Waals surface area contributed by atoms with Gasteiger partial charge in [0.05, 0.1) is 11.7 Å². The van der Waals surface area contributed by atoms with Gasteiger partial charge >= 0.3 is 6.09 Å². The van der Waals surface area contributed by atoms with E-state index in [1.165, 1.54) is 4.90 Å². The molecule has 14 heavy (non-hydrogen) atoms. The summed E-state index contributed by atoms with van der Waals surface area (Å²) >= 11 is 0. The maximum absolute atomic E-state index is 10.7. The zero-order valence-electron chi connectivity index (χ0n) is 7.97. The second-order valence-corrected chi connectivity index (χ2v) is 3.48. The number of aromatic nitrogens is 1. The summed E-state index contributed by atoms with van der Waals surface area (Å²) in [6.45, 7) is 2.53. The third-order valence-electron chi connectivity index (χ3n) is 2.52. The Hall–Kier alpha value is -1.58. The number of amides is 1. The second kappa shape index (κ2) is 3.29. The van der Waals surface area contributed by atoms with Crippen LogP contribution in [0, 0.1) is 6.92 Å². The molecule has 0 radical (unpaired) electrons. The molecule has 4 nitrogen and oxygen atoms in total. The van der Waals surface area contributed by atoms with Crippen LogP contribution in [-0.4, -0.2) is 27.6 Å². The van der Waals surface area contributed by atoms with Crippen LogP contribution in [0.2, 0.25) is 0 Å². The van der Waals surface area contributed by atoms with Crippen LogP contribution in [0.3, 0.4) is 0 Å². The monoisotopic (exact) mass is 192 g/mol. The number of nitrogens with zero attached hydrogens (tertiary/aromatic N) is 2. The highest BCUT2D eigenvalue weighted by Gasteiger charge is 2.34. The molecule has 0 aromatic carbocycles. The highest BCUT2D eigenvalue weighted by Crippen LogP contribution is 2.31. The standard InChI is InChI=1S/C10H12N2O2/c1-7-3-2-4-8(11-7)9-5-6-12(9)10(13)14/h2-4,9H,5-6H2,1H3,(H,13,14). The first-order valence-electron chi connectivity index (χ1n) is 4.61. The molecule has 4 heteroatoms. The van der Waals surface area contributed by atoms with Crippen molar-refractivity contribution in [1.29, 1.82) is 0 Å². The van der Waals surface area contributed by atoms with Crippen molar-refractivity contribution in [2.45, 2.75) is 19.4 Å². The molecule has 1 aromatic rings. The van der Waals surface area contributed by atoms with E-state index < -0.39 is 6.09 Å². The molecule has 1 saturated heterocycles. The van der Waals surface area contributed by atoms with Crippen LogP contribution >= 0.6 is 0 Å². The molecule has 0 bridgehead atoms. The van der Waals surface area contributed by atoms with Crippen LogP contribution in [-0.2, 0) is 0 Å². The Morgan fingerprint density at radius 1 is 1.64 bits per heavy atom. The van der Waals surface area contributed by atoms with Crippen molar-refractivity contribution >= 4 is 6.09 Å². The van der Waals surface area contributed by atoms with Gasteiger partial charge in [0.1, 0.15) is 0 Å². The van der Waals surface area contributed by atoms with E-state index in [9.17, 15) is 4.79 Å². The molecule has 74 valence electrons. The molecule has 1 fully saturated rings. The van der Waals surface area contributed by atoms with Crippen LogP contribution in [0.5, 0.6) is 0 Å². The zero-order chi connectivity index (χ0) is 10.1. The van der Waals surface area contributed by atoms with Gasteiger partial charge in [0.2, 0.25) is 0 Å². The van der Waals surface area contributed by atoms with Crippen molar-refractivity contribution in [3.8, 4) is 0 Å². The average molecular weight is 192 g/mol. The maximum Gasteiger partial charge on any atom is 0.407 e. The van der Waals surface area contributed by atoms with E-state index >= 15 is 0 Å². The largest absolute Gasteiger partial charge is 0.465 e. The summed E-state index contributed by atoms with van der Waals surface area (Å²) in [6.07, 6.45) is 0.0208. The molecule has 1 aliphatic heterocycles. The quantitative estimate of drug-likeness (QED) is 0.738. The van der Waals surface area contributed by atoms with E-state index in [-0.39, 0.29) is 6.04 Å². The second-order valence-electron chi connectivity index (χ2n) is 3.48. The van der Waals surface area contributed by atoms with Gasteiger partial charge in [0.15, 0.2) is 0 Å². The van der Waals surface area contributed by atoms with Gasteiger partial charge in [0, 0.05) is 12.2 Å². The van der Waals surface area contributed by atoms with Crippen molar-refractivity contribution in [3.05, 3.63) is 29.6 Å². The fourth-order valence-corrected chi connectivity index (χ4v) is 1.67. The van der Waals surface area contributed by atoms with E-state index in [0.717, 1.165) is 17.8 Å². The molecule has 1 aliphatic rings.